The lowest BCUT2D eigenvalue weighted by Gasteiger charge is -2.21. The average Bonchev–Trinajstić information content (AvgIpc) is 3.00. The van der Waals surface area contributed by atoms with Gasteiger partial charge in [-0.2, -0.15) is 26.5 Å². The van der Waals surface area contributed by atoms with Gasteiger partial charge in [0.15, 0.2) is 0 Å². The number of ether oxygens (including phenoxy) is 1. The molecule has 0 amide bonds. The molecule has 1 saturated heterocycles. The Morgan fingerprint density at radius 2 is 1.30 bits per heavy atom. The third-order valence-electron chi connectivity index (χ3n) is 3.80. The molecule has 1 aliphatic rings. The number of phosphoric acid groups is 6. The summed E-state index contributed by atoms with van der Waals surface area (Å²) in [5, 5.41) is 10.1. The summed E-state index contributed by atoms with van der Waals surface area (Å²) in [7, 11) is -36.8. The van der Waals surface area contributed by atoms with E-state index in [0.717, 1.165) is 4.57 Å². The first-order chi connectivity index (χ1) is 17.8. The van der Waals surface area contributed by atoms with E-state index in [9.17, 15) is 56.9 Å². The van der Waals surface area contributed by atoms with Crippen LogP contribution in [0.25, 0.3) is 0 Å². The second kappa shape index (κ2) is 12.6. The van der Waals surface area contributed by atoms with Crippen molar-refractivity contribution in [2.24, 2.45) is 0 Å². The molecule has 2 rings (SSSR count). The van der Waals surface area contributed by atoms with Crippen molar-refractivity contribution in [1.82, 2.24) is 9.55 Å². The number of nitrogens with zero attached hydrogens (tertiary/aromatic N) is 2. The monoisotopic (exact) mass is 707 g/mol. The molecular formula is C9H19N3O22P6. The highest BCUT2D eigenvalue weighted by molar-refractivity contribution is 7.72. The Balaban J connectivity index is 1.99. The number of nitrogen functional groups attached to an aromatic ring is 1. The molecule has 5 unspecified atom stereocenters. The fourth-order valence-corrected chi connectivity index (χ4v) is 9.91. The summed E-state index contributed by atoms with van der Waals surface area (Å²) in [5.41, 5.74) is 4.48. The summed E-state index contributed by atoms with van der Waals surface area (Å²) in [4.78, 5) is 78.7. The van der Waals surface area contributed by atoms with Gasteiger partial charge in [-0.3, -0.25) is 9.09 Å². The Labute approximate surface area is 220 Å². The summed E-state index contributed by atoms with van der Waals surface area (Å²) in [6.45, 7) is -1.07. The lowest BCUT2D eigenvalue weighted by Crippen LogP contribution is -2.28. The molecule has 1 aromatic heterocycles. The van der Waals surface area contributed by atoms with Gasteiger partial charge in [0.2, 0.25) is 0 Å². The van der Waals surface area contributed by atoms with Crippen LogP contribution in [0, 0.1) is 0 Å². The van der Waals surface area contributed by atoms with Crippen molar-refractivity contribution < 1.29 is 97.6 Å². The molecule has 31 heteroatoms. The van der Waals surface area contributed by atoms with E-state index in [4.69, 9.17) is 25.2 Å². The zero-order valence-electron chi connectivity index (χ0n) is 18.7. The van der Waals surface area contributed by atoms with E-state index in [1.165, 1.54) is 12.3 Å². The fraction of sp³-hybridized carbons (Fsp3) is 0.556. The number of hydrogen-bond acceptors (Lipinski definition) is 17. The van der Waals surface area contributed by atoms with Gasteiger partial charge in [-0.1, -0.05) is 0 Å². The van der Waals surface area contributed by atoms with E-state index < -0.39 is 77.7 Å². The Morgan fingerprint density at radius 3 is 1.75 bits per heavy atom. The van der Waals surface area contributed by atoms with Gasteiger partial charge in [-0.25, -0.2) is 32.2 Å². The first-order valence-corrected chi connectivity index (χ1v) is 18.4. The molecule has 0 aromatic carbocycles. The molecule has 8 atom stereocenters. The molecule has 10 N–H and O–H groups in total. The highest BCUT2D eigenvalue weighted by atomic mass is 31.3. The van der Waals surface area contributed by atoms with Crippen molar-refractivity contribution in [3.05, 3.63) is 22.7 Å². The van der Waals surface area contributed by atoms with Crippen LogP contribution >= 0.6 is 46.9 Å². The summed E-state index contributed by atoms with van der Waals surface area (Å²) in [5.74, 6) is -0.122. The van der Waals surface area contributed by atoms with E-state index in [-0.39, 0.29) is 12.2 Å². The molecule has 1 fully saturated rings. The maximum atomic E-state index is 12.0. The number of aliphatic hydroxyl groups is 1. The summed E-state index contributed by atoms with van der Waals surface area (Å²) in [6, 6.07) is 1.22. The van der Waals surface area contributed by atoms with Crippen molar-refractivity contribution in [2.75, 3.05) is 12.3 Å². The number of phosphoric ester groups is 1. The number of aliphatic hydroxyl groups excluding tert-OH is 1. The van der Waals surface area contributed by atoms with Gasteiger partial charge in [-0.15, -0.1) is 0 Å². The highest BCUT2D eigenvalue weighted by Gasteiger charge is 2.49. The van der Waals surface area contributed by atoms with Gasteiger partial charge in [0.1, 0.15) is 18.1 Å². The van der Waals surface area contributed by atoms with Gasteiger partial charge in [0.25, 0.3) is 0 Å². The van der Waals surface area contributed by atoms with Crippen molar-refractivity contribution >= 4 is 52.8 Å². The third kappa shape index (κ3) is 12.0. The quantitative estimate of drug-likeness (QED) is 0.106. The fourth-order valence-electron chi connectivity index (χ4n) is 2.59. The van der Waals surface area contributed by atoms with E-state index in [1.807, 2.05) is 0 Å². The summed E-state index contributed by atoms with van der Waals surface area (Å²) < 4.78 is 96.4. The molecule has 232 valence electrons. The lowest BCUT2D eigenvalue weighted by atomic mass is 10.2. The van der Waals surface area contributed by atoms with Gasteiger partial charge in [0.05, 0.1) is 12.7 Å². The Hall–Kier alpha value is -0.540. The van der Waals surface area contributed by atoms with Crippen LogP contribution in [0.4, 0.5) is 5.82 Å². The molecule has 0 bridgehead atoms. The molecular weight excluding hydrogens is 688 g/mol. The molecule has 0 aliphatic carbocycles. The molecule has 0 spiro atoms. The molecule has 40 heavy (non-hydrogen) atoms. The van der Waals surface area contributed by atoms with Gasteiger partial charge in [-0.05, 0) is 6.07 Å². The molecule has 1 aromatic rings. The maximum absolute atomic E-state index is 12.0. The van der Waals surface area contributed by atoms with E-state index >= 15 is 0 Å². The van der Waals surface area contributed by atoms with Gasteiger partial charge >= 0.3 is 52.6 Å². The Morgan fingerprint density at radius 1 is 0.850 bits per heavy atom. The number of nitrogens with two attached hydrogens (primary N) is 1. The highest BCUT2D eigenvalue weighted by Crippen LogP contribution is 2.75. The summed E-state index contributed by atoms with van der Waals surface area (Å²) in [6.07, 6.45) is -3.18. The van der Waals surface area contributed by atoms with Crippen LogP contribution in [-0.4, -0.2) is 67.7 Å². The van der Waals surface area contributed by atoms with E-state index in [0.29, 0.717) is 0 Å². The first kappa shape index (κ1) is 35.7. The van der Waals surface area contributed by atoms with Crippen molar-refractivity contribution in [3.8, 4) is 0 Å². The van der Waals surface area contributed by atoms with Crippen molar-refractivity contribution in [3.63, 3.8) is 0 Å². The largest absolute Gasteiger partial charge is 0.490 e. The minimum absolute atomic E-state index is 0.122. The second-order valence-corrected chi connectivity index (χ2v) is 16.2. The van der Waals surface area contributed by atoms with E-state index in [2.05, 4.69) is 31.1 Å². The lowest BCUT2D eigenvalue weighted by molar-refractivity contribution is -0.0449. The third-order valence-corrected chi connectivity index (χ3v) is 12.6. The van der Waals surface area contributed by atoms with Crippen LogP contribution in [0.3, 0.4) is 0 Å². The molecule has 1 aliphatic heterocycles. The number of hydrogen-bond donors (Lipinski definition) is 9. The summed E-state index contributed by atoms with van der Waals surface area (Å²) >= 11 is 0. The minimum Gasteiger partial charge on any atom is -0.390 e. The van der Waals surface area contributed by atoms with Crippen LogP contribution in [-0.2, 0) is 58.2 Å². The molecule has 0 saturated carbocycles. The number of aromatic nitrogens is 2. The second-order valence-electron chi connectivity index (χ2n) is 7.01. The number of anilines is 1. The molecule has 0 radical (unpaired) electrons. The zero-order valence-corrected chi connectivity index (χ0v) is 24.1. The first-order valence-electron chi connectivity index (χ1n) is 9.38. The normalized spacial score (nSPS) is 27.6. The molecule has 25 nitrogen and oxygen atoms in total. The van der Waals surface area contributed by atoms with Crippen LogP contribution in [0.1, 0.15) is 12.6 Å². The standard InChI is InChI=1S/C9H19N3O22P6/c10-7-1-2-12(9(14)11-7)8-3-5(13)6(29-8)4-28-36(18,19)31-38(22,23)33-40(26,27)34-39(24,25)32-37(20,21)30-35(15,16)17/h1-2,5-6,8,13H,3-4H2,(H,18,19)(H,20,21)(H,22,23)(H,24,25)(H,26,27)(H2,10,11,14)(H2,15,16,17)/t5-,6+,8+/m0/s1. The van der Waals surface area contributed by atoms with Gasteiger partial charge < -0.3 is 49.8 Å². The van der Waals surface area contributed by atoms with Crippen LogP contribution in [0.15, 0.2) is 17.1 Å². The average molecular weight is 707 g/mol. The van der Waals surface area contributed by atoms with E-state index in [1.54, 1.807) is 0 Å². The van der Waals surface area contributed by atoms with Crippen LogP contribution in [0.5, 0.6) is 0 Å². The predicted octanol–water partition coefficient (Wildman–Crippen LogP) is -0.832. The Kier molecular flexibility index (Phi) is 11.2. The van der Waals surface area contributed by atoms with Gasteiger partial charge in [0, 0.05) is 12.6 Å². The smallest absolute Gasteiger partial charge is 0.390 e. The van der Waals surface area contributed by atoms with Crippen LogP contribution < -0.4 is 11.4 Å². The maximum Gasteiger partial charge on any atom is 0.490 e. The number of rotatable bonds is 14. The minimum atomic E-state index is -6.42. The van der Waals surface area contributed by atoms with Crippen molar-refractivity contribution in [1.29, 1.82) is 0 Å². The SMILES string of the molecule is Nc1ccn([C@H]2C[C@H](O)[C@@H](COP(=O)(O)OP(=O)(O)OP(=O)(O)OP(=O)(O)OP(=O)(O)OP(=O)(O)O)O2)c(=O)n1. The van der Waals surface area contributed by atoms with Crippen molar-refractivity contribution in [2.45, 2.75) is 24.9 Å². The topological polar surface area (TPSA) is 390 Å². The molecule has 2 heterocycles. The van der Waals surface area contributed by atoms with Crippen LogP contribution in [0.2, 0.25) is 0 Å². The Bertz CT molecular complexity index is 1440. The zero-order chi connectivity index (χ0) is 30.9. The predicted molar refractivity (Wildman–Crippen MR) is 120 cm³/mol.